The van der Waals surface area contributed by atoms with E-state index in [2.05, 4.69) is 55.4 Å². The highest BCUT2D eigenvalue weighted by Crippen LogP contribution is 2.45. The molecule has 17 nitrogen and oxygen atoms in total. The van der Waals surface area contributed by atoms with E-state index in [1.165, 1.54) is 257 Å². The summed E-state index contributed by atoms with van der Waals surface area (Å²) in [4.78, 5) is 73.3. The number of phosphoric ester groups is 2. The fourth-order valence-corrected chi connectivity index (χ4v) is 15.2. The lowest BCUT2D eigenvalue weighted by atomic mass is 9.99. The van der Waals surface area contributed by atoms with Crippen molar-refractivity contribution in [2.45, 2.75) is 478 Å². The van der Waals surface area contributed by atoms with Crippen molar-refractivity contribution in [2.75, 3.05) is 39.6 Å². The van der Waals surface area contributed by atoms with Crippen molar-refractivity contribution in [1.82, 2.24) is 0 Å². The van der Waals surface area contributed by atoms with Crippen LogP contribution in [0.3, 0.4) is 0 Å². The molecule has 4 unspecified atom stereocenters. The highest BCUT2D eigenvalue weighted by molar-refractivity contribution is 7.47. The minimum absolute atomic E-state index is 0.107. The third-order valence-electron chi connectivity index (χ3n) is 21.3. The molecular weight excluding hydrogens is 1390 g/mol. The van der Waals surface area contributed by atoms with Crippen molar-refractivity contribution in [3.8, 4) is 0 Å². The van der Waals surface area contributed by atoms with Crippen molar-refractivity contribution < 1.29 is 80.2 Å². The summed E-state index contributed by atoms with van der Waals surface area (Å²) < 4.78 is 68.9. The molecular formula is C88H172O17P2. The SMILES string of the molecule is CCC(C)CCCCCCCCCCCCCCCCCCCCC(=O)O[C@H](COC(=O)CCCCCCCCCCCCCCCCCC(C)C)COP(=O)(O)OC[C@@H](O)COP(=O)(O)OC[C@@H](COC(=O)CCCCCCCCC(C)CC)OC(=O)CCCCCCCCCCCCCCCCC(C)C. The van der Waals surface area contributed by atoms with E-state index in [9.17, 15) is 43.2 Å². The lowest BCUT2D eigenvalue weighted by Crippen LogP contribution is -2.30. The van der Waals surface area contributed by atoms with Gasteiger partial charge in [-0.3, -0.25) is 37.3 Å². The van der Waals surface area contributed by atoms with Crippen LogP contribution in [0.15, 0.2) is 0 Å². The summed E-state index contributed by atoms with van der Waals surface area (Å²) in [6.07, 6.45) is 66.7. The number of carbonyl (C=O) groups is 4. The molecule has 0 aliphatic heterocycles. The van der Waals surface area contributed by atoms with Gasteiger partial charge in [-0.15, -0.1) is 0 Å². The van der Waals surface area contributed by atoms with Gasteiger partial charge in [-0.2, -0.15) is 0 Å². The summed E-state index contributed by atoms with van der Waals surface area (Å²) >= 11 is 0. The van der Waals surface area contributed by atoms with Crippen molar-refractivity contribution in [3.63, 3.8) is 0 Å². The van der Waals surface area contributed by atoms with E-state index < -0.39 is 97.5 Å². The van der Waals surface area contributed by atoms with E-state index in [0.717, 1.165) is 120 Å². The topological polar surface area (TPSA) is 237 Å². The van der Waals surface area contributed by atoms with Gasteiger partial charge in [0, 0.05) is 25.7 Å². The number of esters is 4. The van der Waals surface area contributed by atoms with E-state index >= 15 is 0 Å². The van der Waals surface area contributed by atoms with Gasteiger partial charge in [-0.1, -0.05) is 409 Å². The second-order valence-corrected chi connectivity index (χ2v) is 36.0. The highest BCUT2D eigenvalue weighted by Gasteiger charge is 2.31. The zero-order valence-electron chi connectivity index (χ0n) is 70.8. The number of hydrogen-bond acceptors (Lipinski definition) is 15. The van der Waals surface area contributed by atoms with Crippen LogP contribution in [0.25, 0.3) is 0 Å². The molecule has 0 bridgehead atoms. The van der Waals surface area contributed by atoms with Crippen LogP contribution in [-0.2, 0) is 65.4 Å². The summed E-state index contributed by atoms with van der Waals surface area (Å²) in [5.41, 5.74) is 0. The van der Waals surface area contributed by atoms with Crippen molar-refractivity contribution in [1.29, 1.82) is 0 Å². The average Bonchev–Trinajstić information content (AvgIpc) is 0.901. The van der Waals surface area contributed by atoms with Crippen LogP contribution in [-0.4, -0.2) is 96.7 Å². The third-order valence-corrected chi connectivity index (χ3v) is 23.2. The van der Waals surface area contributed by atoms with Gasteiger partial charge in [0.25, 0.3) is 0 Å². The molecule has 636 valence electrons. The first-order valence-electron chi connectivity index (χ1n) is 45.3. The van der Waals surface area contributed by atoms with Crippen molar-refractivity contribution in [3.05, 3.63) is 0 Å². The van der Waals surface area contributed by atoms with Gasteiger partial charge in [0.15, 0.2) is 12.2 Å². The van der Waals surface area contributed by atoms with Gasteiger partial charge < -0.3 is 33.8 Å². The number of aliphatic hydroxyl groups is 1. The van der Waals surface area contributed by atoms with E-state index in [4.69, 9.17) is 37.0 Å². The summed E-state index contributed by atoms with van der Waals surface area (Å²) in [6.45, 7) is 14.4. The first-order chi connectivity index (χ1) is 51.7. The summed E-state index contributed by atoms with van der Waals surface area (Å²) in [5, 5.41) is 10.7. The van der Waals surface area contributed by atoms with Crippen LogP contribution in [0.2, 0.25) is 0 Å². The molecule has 107 heavy (non-hydrogen) atoms. The standard InChI is InChI=1S/C88H172O17P2/c1-9-80(7)66-58-50-42-36-30-24-17-13-11-12-14-18-26-32-38-44-54-62-70-87(92)104-83(74-98-85(90)68-60-52-43-37-31-25-19-15-16-22-28-34-40-48-56-64-78(3)4)76-102-106(94,95)100-72-82(89)73-101-107(96,97)103-77-84(75-99-86(91)69-61-53-47-46-51-59-67-81(8)10-2)105-88(93)71-63-55-45-39-33-27-21-20-23-29-35-41-49-57-65-79(5)6/h78-84,89H,9-77H2,1-8H3,(H,94,95)(H,96,97)/t80?,81?,82-,83-,84-/m1/s1. The fraction of sp³-hybridized carbons (Fsp3) is 0.955. The average molecular weight is 1560 g/mol. The maximum atomic E-state index is 13.2. The molecule has 0 fully saturated rings. The lowest BCUT2D eigenvalue weighted by Gasteiger charge is -2.21. The smallest absolute Gasteiger partial charge is 0.462 e. The van der Waals surface area contributed by atoms with Crippen molar-refractivity contribution >= 4 is 39.5 Å². The Morgan fingerprint density at radius 1 is 0.262 bits per heavy atom. The van der Waals surface area contributed by atoms with Gasteiger partial charge in [0.1, 0.15) is 19.3 Å². The van der Waals surface area contributed by atoms with Crippen LogP contribution in [0.1, 0.15) is 460 Å². The summed E-state index contributed by atoms with van der Waals surface area (Å²) in [6, 6.07) is 0. The summed E-state index contributed by atoms with van der Waals surface area (Å²) in [7, 11) is -9.93. The molecule has 0 radical (unpaired) electrons. The Morgan fingerprint density at radius 3 is 0.664 bits per heavy atom. The van der Waals surface area contributed by atoms with Gasteiger partial charge >= 0.3 is 39.5 Å². The second kappa shape index (κ2) is 76.7. The van der Waals surface area contributed by atoms with Gasteiger partial charge in [-0.25, -0.2) is 9.13 Å². The lowest BCUT2D eigenvalue weighted by molar-refractivity contribution is -0.161. The zero-order valence-corrected chi connectivity index (χ0v) is 72.6. The van der Waals surface area contributed by atoms with Crippen LogP contribution >= 0.6 is 15.6 Å². The Labute approximate surface area is 658 Å². The zero-order chi connectivity index (χ0) is 78.8. The number of hydrogen-bond donors (Lipinski definition) is 3. The Kier molecular flexibility index (Phi) is 75.3. The first kappa shape index (κ1) is 105. The van der Waals surface area contributed by atoms with E-state index in [1.54, 1.807) is 0 Å². The van der Waals surface area contributed by atoms with Gasteiger partial charge in [0.05, 0.1) is 26.4 Å². The molecule has 0 aliphatic rings. The maximum Gasteiger partial charge on any atom is 0.472 e. The molecule has 0 spiro atoms. The molecule has 0 amide bonds. The van der Waals surface area contributed by atoms with Gasteiger partial charge in [-0.05, 0) is 49.4 Å². The highest BCUT2D eigenvalue weighted by atomic mass is 31.2. The van der Waals surface area contributed by atoms with Crippen LogP contribution in [0, 0.1) is 23.7 Å². The van der Waals surface area contributed by atoms with Crippen LogP contribution < -0.4 is 0 Å². The number of ether oxygens (including phenoxy) is 4. The van der Waals surface area contributed by atoms with E-state index in [1.807, 2.05) is 0 Å². The number of phosphoric acid groups is 2. The molecule has 0 aromatic rings. The van der Waals surface area contributed by atoms with E-state index in [-0.39, 0.29) is 25.7 Å². The Balaban J connectivity index is 5.23. The Morgan fingerprint density at radius 2 is 0.449 bits per heavy atom. The number of unbranched alkanes of at least 4 members (excludes halogenated alkanes) is 49. The molecule has 0 aliphatic carbocycles. The van der Waals surface area contributed by atoms with Gasteiger partial charge in [0.2, 0.25) is 0 Å². The number of aliphatic hydroxyl groups excluding tert-OH is 1. The largest absolute Gasteiger partial charge is 0.472 e. The molecule has 0 aromatic carbocycles. The molecule has 19 heteroatoms. The maximum absolute atomic E-state index is 13.2. The molecule has 0 rings (SSSR count). The minimum Gasteiger partial charge on any atom is -0.462 e. The summed E-state index contributed by atoms with van der Waals surface area (Å²) in [5.74, 6) is 1.10. The van der Waals surface area contributed by atoms with Crippen LogP contribution in [0.5, 0.6) is 0 Å². The predicted octanol–water partition coefficient (Wildman–Crippen LogP) is 26.7. The molecule has 0 heterocycles. The minimum atomic E-state index is -4.97. The molecule has 3 N–H and O–H groups in total. The molecule has 7 atom stereocenters. The van der Waals surface area contributed by atoms with Crippen LogP contribution in [0.4, 0.5) is 0 Å². The third kappa shape index (κ3) is 79.1. The molecule has 0 saturated heterocycles. The fourth-order valence-electron chi connectivity index (χ4n) is 13.6. The number of carbonyl (C=O) groups excluding carboxylic acids is 4. The number of rotatable bonds is 85. The predicted molar refractivity (Wildman–Crippen MR) is 441 cm³/mol. The normalized spacial score (nSPS) is 14.4. The first-order valence-corrected chi connectivity index (χ1v) is 48.3. The Bertz CT molecular complexity index is 2080. The molecule has 0 aromatic heterocycles. The molecule has 0 saturated carbocycles. The monoisotopic (exact) mass is 1560 g/mol. The second-order valence-electron chi connectivity index (χ2n) is 33.1. The van der Waals surface area contributed by atoms with Crippen molar-refractivity contribution in [2.24, 2.45) is 23.7 Å². The Hall–Kier alpha value is -1.94. The van der Waals surface area contributed by atoms with E-state index in [0.29, 0.717) is 25.7 Å². The quantitative estimate of drug-likeness (QED) is 0.0222.